The van der Waals surface area contributed by atoms with Gasteiger partial charge in [0.2, 0.25) is 0 Å². The monoisotopic (exact) mass is 288 g/mol. The molecule has 0 aliphatic rings. The lowest BCUT2D eigenvalue weighted by molar-refractivity contribution is 0.0948. The Balaban J connectivity index is 1.98. The number of ether oxygens (including phenoxy) is 1. The van der Waals surface area contributed by atoms with Crippen molar-refractivity contribution < 1.29 is 13.9 Å². The van der Waals surface area contributed by atoms with Gasteiger partial charge < -0.3 is 10.1 Å². The van der Waals surface area contributed by atoms with E-state index in [1.54, 1.807) is 31.4 Å². The van der Waals surface area contributed by atoms with Crippen molar-refractivity contribution >= 4 is 5.91 Å². The van der Waals surface area contributed by atoms with E-state index in [-0.39, 0.29) is 11.7 Å². The standard InChI is InChI=1S/C16H17FN2O2/c1-21-10-2-9-18-16(20)13-5-8-15(19-11-13)12-3-6-14(17)7-4-12/h3-8,11H,2,9-10H2,1H3,(H,18,20). The summed E-state index contributed by atoms with van der Waals surface area (Å²) >= 11 is 0. The van der Waals surface area contributed by atoms with Crippen LogP contribution < -0.4 is 5.32 Å². The van der Waals surface area contributed by atoms with E-state index < -0.39 is 0 Å². The van der Waals surface area contributed by atoms with Crippen molar-refractivity contribution in [3.8, 4) is 11.3 Å². The fourth-order valence-electron chi connectivity index (χ4n) is 1.84. The molecule has 2 rings (SSSR count). The maximum absolute atomic E-state index is 12.9. The first-order valence-electron chi connectivity index (χ1n) is 6.70. The van der Waals surface area contributed by atoms with Gasteiger partial charge in [0, 0.05) is 32.0 Å². The molecule has 0 spiro atoms. The van der Waals surface area contributed by atoms with Gasteiger partial charge in [-0.15, -0.1) is 0 Å². The van der Waals surface area contributed by atoms with Crippen LogP contribution in [-0.2, 0) is 4.74 Å². The maximum Gasteiger partial charge on any atom is 0.252 e. The lowest BCUT2D eigenvalue weighted by Gasteiger charge is -2.06. The van der Waals surface area contributed by atoms with Gasteiger partial charge in [0.1, 0.15) is 5.82 Å². The van der Waals surface area contributed by atoms with Crippen LogP contribution in [0.3, 0.4) is 0 Å². The average Bonchev–Trinajstić information content (AvgIpc) is 2.52. The molecule has 21 heavy (non-hydrogen) atoms. The van der Waals surface area contributed by atoms with Gasteiger partial charge in [-0.1, -0.05) is 0 Å². The lowest BCUT2D eigenvalue weighted by Crippen LogP contribution is -2.25. The molecule has 2 aromatic rings. The average molecular weight is 288 g/mol. The fourth-order valence-corrected chi connectivity index (χ4v) is 1.84. The summed E-state index contributed by atoms with van der Waals surface area (Å²) in [5, 5.41) is 2.79. The number of methoxy groups -OCH3 is 1. The van der Waals surface area contributed by atoms with Crippen molar-refractivity contribution in [1.29, 1.82) is 0 Å². The number of nitrogens with zero attached hydrogens (tertiary/aromatic N) is 1. The Kier molecular flexibility index (Phi) is 5.40. The van der Waals surface area contributed by atoms with Gasteiger partial charge in [-0.05, 0) is 42.8 Å². The first-order valence-corrected chi connectivity index (χ1v) is 6.70. The molecule has 1 amide bonds. The van der Waals surface area contributed by atoms with E-state index in [0.29, 0.717) is 24.4 Å². The molecule has 0 atom stereocenters. The number of hydrogen-bond donors (Lipinski definition) is 1. The van der Waals surface area contributed by atoms with E-state index in [4.69, 9.17) is 4.74 Å². The van der Waals surface area contributed by atoms with Gasteiger partial charge in [0.15, 0.2) is 0 Å². The predicted octanol–water partition coefficient (Wildman–Crippen LogP) is 2.65. The van der Waals surface area contributed by atoms with E-state index in [9.17, 15) is 9.18 Å². The topological polar surface area (TPSA) is 51.2 Å². The number of nitrogens with one attached hydrogen (secondary N) is 1. The maximum atomic E-state index is 12.9. The Bertz CT molecular complexity index is 582. The lowest BCUT2D eigenvalue weighted by atomic mass is 10.1. The number of rotatable bonds is 6. The van der Waals surface area contributed by atoms with Crippen LogP contribution in [-0.4, -0.2) is 31.2 Å². The zero-order valence-electron chi connectivity index (χ0n) is 11.8. The first-order chi connectivity index (χ1) is 10.2. The van der Waals surface area contributed by atoms with Crippen molar-refractivity contribution in [3.05, 3.63) is 54.0 Å². The fraction of sp³-hybridized carbons (Fsp3) is 0.250. The van der Waals surface area contributed by atoms with E-state index in [1.165, 1.54) is 18.3 Å². The Morgan fingerprint density at radius 1 is 1.24 bits per heavy atom. The summed E-state index contributed by atoms with van der Waals surface area (Å²) in [6.45, 7) is 1.18. The summed E-state index contributed by atoms with van der Waals surface area (Å²) < 4.78 is 17.8. The predicted molar refractivity (Wildman–Crippen MR) is 78.5 cm³/mol. The Hall–Kier alpha value is -2.27. The molecule has 0 saturated heterocycles. The molecule has 1 aromatic heterocycles. The highest BCUT2D eigenvalue weighted by Crippen LogP contribution is 2.17. The second-order valence-electron chi connectivity index (χ2n) is 4.54. The number of amides is 1. The molecule has 1 heterocycles. The summed E-state index contributed by atoms with van der Waals surface area (Å²) in [7, 11) is 1.62. The second kappa shape index (κ2) is 7.50. The summed E-state index contributed by atoms with van der Waals surface area (Å²) in [6, 6.07) is 9.53. The highest BCUT2D eigenvalue weighted by molar-refractivity contribution is 5.94. The van der Waals surface area contributed by atoms with Gasteiger partial charge in [-0.25, -0.2) is 4.39 Å². The Morgan fingerprint density at radius 2 is 2.00 bits per heavy atom. The molecular formula is C16H17FN2O2. The van der Waals surface area contributed by atoms with Crippen LogP contribution in [0.15, 0.2) is 42.6 Å². The summed E-state index contributed by atoms with van der Waals surface area (Å²) in [5.41, 5.74) is 2.01. The van der Waals surface area contributed by atoms with Crippen molar-refractivity contribution in [2.24, 2.45) is 0 Å². The van der Waals surface area contributed by atoms with Crippen LogP contribution in [0.1, 0.15) is 16.8 Å². The second-order valence-corrected chi connectivity index (χ2v) is 4.54. The summed E-state index contributed by atoms with van der Waals surface area (Å²) in [6.07, 6.45) is 2.29. The number of hydrogen-bond acceptors (Lipinski definition) is 3. The Labute approximate surface area is 123 Å². The molecule has 4 nitrogen and oxygen atoms in total. The number of aromatic nitrogens is 1. The number of halogens is 1. The van der Waals surface area contributed by atoms with Crippen LogP contribution in [0.4, 0.5) is 4.39 Å². The Morgan fingerprint density at radius 3 is 2.62 bits per heavy atom. The van der Waals surface area contributed by atoms with Crippen molar-refractivity contribution in [3.63, 3.8) is 0 Å². The third kappa shape index (κ3) is 4.36. The summed E-state index contributed by atoms with van der Waals surface area (Å²) in [4.78, 5) is 16.1. The minimum atomic E-state index is -0.286. The van der Waals surface area contributed by atoms with Gasteiger partial charge >= 0.3 is 0 Å². The molecule has 110 valence electrons. The molecule has 0 unspecified atom stereocenters. The smallest absolute Gasteiger partial charge is 0.252 e. The molecule has 0 bridgehead atoms. The minimum Gasteiger partial charge on any atom is -0.385 e. The van der Waals surface area contributed by atoms with Crippen molar-refractivity contribution in [1.82, 2.24) is 10.3 Å². The quantitative estimate of drug-likeness (QED) is 0.831. The van der Waals surface area contributed by atoms with E-state index in [1.807, 2.05) is 0 Å². The highest BCUT2D eigenvalue weighted by Gasteiger charge is 2.06. The molecule has 1 N–H and O–H groups in total. The number of benzene rings is 1. The molecule has 5 heteroatoms. The van der Waals surface area contributed by atoms with Gasteiger partial charge in [-0.2, -0.15) is 0 Å². The van der Waals surface area contributed by atoms with Crippen LogP contribution >= 0.6 is 0 Å². The molecule has 0 aliphatic heterocycles. The molecular weight excluding hydrogens is 271 g/mol. The summed E-state index contributed by atoms with van der Waals surface area (Å²) in [5.74, 6) is -0.449. The molecule has 0 saturated carbocycles. The zero-order valence-corrected chi connectivity index (χ0v) is 11.8. The van der Waals surface area contributed by atoms with Gasteiger partial charge in [0.05, 0.1) is 11.3 Å². The highest BCUT2D eigenvalue weighted by atomic mass is 19.1. The van der Waals surface area contributed by atoms with E-state index >= 15 is 0 Å². The van der Waals surface area contributed by atoms with Crippen molar-refractivity contribution in [2.75, 3.05) is 20.3 Å². The van der Waals surface area contributed by atoms with E-state index in [2.05, 4.69) is 10.3 Å². The van der Waals surface area contributed by atoms with Gasteiger partial charge in [-0.3, -0.25) is 9.78 Å². The molecule has 0 aliphatic carbocycles. The third-order valence-electron chi connectivity index (χ3n) is 2.98. The molecule has 1 aromatic carbocycles. The SMILES string of the molecule is COCCCNC(=O)c1ccc(-c2ccc(F)cc2)nc1. The number of carbonyl (C=O) groups excluding carboxylic acids is 1. The van der Waals surface area contributed by atoms with Crippen LogP contribution in [0.2, 0.25) is 0 Å². The minimum absolute atomic E-state index is 0.163. The third-order valence-corrected chi connectivity index (χ3v) is 2.98. The van der Waals surface area contributed by atoms with E-state index in [0.717, 1.165) is 12.0 Å². The number of pyridine rings is 1. The van der Waals surface area contributed by atoms with Gasteiger partial charge in [0.25, 0.3) is 5.91 Å². The van der Waals surface area contributed by atoms with Crippen LogP contribution in [0, 0.1) is 5.82 Å². The molecule has 0 radical (unpaired) electrons. The number of carbonyl (C=O) groups is 1. The normalized spacial score (nSPS) is 10.4. The largest absolute Gasteiger partial charge is 0.385 e. The first kappa shape index (κ1) is 15.1. The molecule has 0 fully saturated rings. The zero-order chi connectivity index (χ0) is 15.1. The van der Waals surface area contributed by atoms with Crippen LogP contribution in [0.5, 0.6) is 0 Å². The van der Waals surface area contributed by atoms with Crippen LogP contribution in [0.25, 0.3) is 11.3 Å². The van der Waals surface area contributed by atoms with Crippen molar-refractivity contribution in [2.45, 2.75) is 6.42 Å².